The molecule has 0 N–H and O–H groups in total. The topological polar surface area (TPSA) is 30.0 Å². The number of rotatable bonds is 3. The minimum Gasteiger partial charge on any atom is -0.302 e. The first-order chi connectivity index (χ1) is 8.20. The molecule has 0 aliphatic heterocycles. The molecular formula is C13H9Cl2NO. The molecule has 1 heterocycles. The SMILES string of the molecule is O=CC(c1ccc(Cl)cc1)c1cc(Cl)ccn1. The van der Waals surface area contributed by atoms with Crippen molar-refractivity contribution < 1.29 is 4.79 Å². The van der Waals surface area contributed by atoms with E-state index >= 15 is 0 Å². The van der Waals surface area contributed by atoms with Gasteiger partial charge in [0.05, 0.1) is 11.6 Å². The van der Waals surface area contributed by atoms with Crippen LogP contribution in [0.1, 0.15) is 17.2 Å². The molecule has 0 amide bonds. The lowest BCUT2D eigenvalue weighted by molar-refractivity contribution is -0.108. The second-order valence-electron chi connectivity index (χ2n) is 3.56. The predicted molar refractivity (Wildman–Crippen MR) is 68.6 cm³/mol. The minimum absolute atomic E-state index is 0.411. The Kier molecular flexibility index (Phi) is 3.77. The van der Waals surface area contributed by atoms with E-state index in [0.29, 0.717) is 15.7 Å². The maximum Gasteiger partial charge on any atom is 0.133 e. The molecule has 0 aliphatic carbocycles. The standard InChI is InChI=1S/C13H9Cl2NO/c14-10-3-1-9(2-4-10)12(8-17)13-7-11(15)5-6-16-13/h1-8,12H. The molecule has 2 aromatic rings. The van der Waals surface area contributed by atoms with Crippen molar-refractivity contribution in [2.75, 3.05) is 0 Å². The number of carbonyl (C=O) groups is 1. The zero-order valence-corrected chi connectivity index (χ0v) is 10.3. The molecule has 0 radical (unpaired) electrons. The molecule has 0 fully saturated rings. The fourth-order valence-corrected chi connectivity index (χ4v) is 1.87. The highest BCUT2D eigenvalue weighted by Crippen LogP contribution is 2.24. The molecule has 17 heavy (non-hydrogen) atoms. The van der Waals surface area contributed by atoms with Crippen LogP contribution in [0.5, 0.6) is 0 Å². The molecule has 2 rings (SSSR count). The number of nitrogens with zero attached hydrogens (tertiary/aromatic N) is 1. The van der Waals surface area contributed by atoms with Gasteiger partial charge in [0.1, 0.15) is 6.29 Å². The Morgan fingerprint density at radius 3 is 2.35 bits per heavy atom. The fourth-order valence-electron chi connectivity index (χ4n) is 1.58. The maximum absolute atomic E-state index is 11.2. The highest BCUT2D eigenvalue weighted by molar-refractivity contribution is 6.30. The minimum atomic E-state index is -0.411. The first-order valence-corrected chi connectivity index (χ1v) is 5.78. The summed E-state index contributed by atoms with van der Waals surface area (Å²) in [5, 5.41) is 1.20. The molecule has 0 spiro atoms. The number of hydrogen-bond acceptors (Lipinski definition) is 2. The van der Waals surface area contributed by atoms with Crippen LogP contribution in [0.25, 0.3) is 0 Å². The van der Waals surface area contributed by atoms with Crippen molar-refractivity contribution in [1.29, 1.82) is 0 Å². The van der Waals surface area contributed by atoms with Crippen LogP contribution >= 0.6 is 23.2 Å². The molecule has 86 valence electrons. The number of benzene rings is 1. The molecule has 0 bridgehead atoms. The van der Waals surface area contributed by atoms with Crippen LogP contribution < -0.4 is 0 Å². The van der Waals surface area contributed by atoms with Crippen LogP contribution in [0.2, 0.25) is 10.0 Å². The van der Waals surface area contributed by atoms with Crippen molar-refractivity contribution in [1.82, 2.24) is 4.98 Å². The summed E-state index contributed by atoms with van der Waals surface area (Å²) < 4.78 is 0. The zero-order chi connectivity index (χ0) is 12.3. The monoisotopic (exact) mass is 265 g/mol. The number of carbonyl (C=O) groups excluding carboxylic acids is 1. The Labute approximate surface area is 109 Å². The van der Waals surface area contributed by atoms with E-state index in [4.69, 9.17) is 23.2 Å². The van der Waals surface area contributed by atoms with Crippen LogP contribution in [0.4, 0.5) is 0 Å². The zero-order valence-electron chi connectivity index (χ0n) is 8.81. The van der Waals surface area contributed by atoms with Gasteiger partial charge in [0, 0.05) is 16.2 Å². The average Bonchev–Trinajstić information content (AvgIpc) is 2.33. The van der Waals surface area contributed by atoms with E-state index in [-0.39, 0.29) is 0 Å². The summed E-state index contributed by atoms with van der Waals surface area (Å²) in [4.78, 5) is 15.3. The average molecular weight is 266 g/mol. The van der Waals surface area contributed by atoms with E-state index in [0.717, 1.165) is 11.8 Å². The van der Waals surface area contributed by atoms with Crippen LogP contribution in [0.3, 0.4) is 0 Å². The molecule has 4 heteroatoms. The molecule has 0 saturated carbocycles. The molecule has 1 unspecified atom stereocenters. The third-order valence-corrected chi connectivity index (χ3v) is 2.91. The van der Waals surface area contributed by atoms with Gasteiger partial charge in [-0.25, -0.2) is 0 Å². The van der Waals surface area contributed by atoms with Gasteiger partial charge in [-0.3, -0.25) is 4.98 Å². The Hall–Kier alpha value is -1.38. The van der Waals surface area contributed by atoms with Gasteiger partial charge in [0.2, 0.25) is 0 Å². The third-order valence-electron chi connectivity index (χ3n) is 2.43. The van der Waals surface area contributed by atoms with Gasteiger partial charge in [-0.1, -0.05) is 35.3 Å². The Morgan fingerprint density at radius 1 is 1.06 bits per heavy atom. The Morgan fingerprint density at radius 2 is 1.76 bits per heavy atom. The quantitative estimate of drug-likeness (QED) is 0.792. The normalized spacial score (nSPS) is 12.1. The third kappa shape index (κ3) is 2.84. The van der Waals surface area contributed by atoms with Crippen LogP contribution in [-0.4, -0.2) is 11.3 Å². The lowest BCUT2D eigenvalue weighted by atomic mass is 9.97. The number of aldehydes is 1. The van der Waals surface area contributed by atoms with Gasteiger partial charge >= 0.3 is 0 Å². The summed E-state index contributed by atoms with van der Waals surface area (Å²) in [5.41, 5.74) is 1.48. The largest absolute Gasteiger partial charge is 0.302 e. The van der Waals surface area contributed by atoms with Gasteiger partial charge < -0.3 is 4.79 Å². The van der Waals surface area contributed by atoms with Gasteiger partial charge in [-0.2, -0.15) is 0 Å². The number of halogens is 2. The van der Waals surface area contributed by atoms with Gasteiger partial charge in [-0.15, -0.1) is 0 Å². The predicted octanol–water partition coefficient (Wildman–Crippen LogP) is 3.72. The van der Waals surface area contributed by atoms with E-state index in [1.54, 1.807) is 30.5 Å². The molecule has 0 saturated heterocycles. The molecule has 1 atom stereocenters. The van der Waals surface area contributed by atoms with Crippen molar-refractivity contribution in [3.05, 3.63) is 63.9 Å². The van der Waals surface area contributed by atoms with E-state index < -0.39 is 5.92 Å². The first kappa shape index (κ1) is 12.1. The second-order valence-corrected chi connectivity index (χ2v) is 4.44. The lowest BCUT2D eigenvalue weighted by Crippen LogP contribution is -2.04. The Balaban J connectivity index is 2.40. The molecule has 1 aromatic carbocycles. The number of aromatic nitrogens is 1. The summed E-state index contributed by atoms with van der Waals surface area (Å²) in [6, 6.07) is 10.5. The molecular weight excluding hydrogens is 257 g/mol. The summed E-state index contributed by atoms with van der Waals surface area (Å²) in [5.74, 6) is -0.411. The van der Waals surface area contributed by atoms with Crippen molar-refractivity contribution in [3.63, 3.8) is 0 Å². The van der Waals surface area contributed by atoms with Gasteiger partial charge in [0.15, 0.2) is 0 Å². The summed E-state index contributed by atoms with van der Waals surface area (Å²) >= 11 is 11.7. The first-order valence-electron chi connectivity index (χ1n) is 5.03. The van der Waals surface area contributed by atoms with Crippen molar-refractivity contribution >= 4 is 29.5 Å². The van der Waals surface area contributed by atoms with Crippen LogP contribution in [-0.2, 0) is 4.79 Å². The molecule has 2 nitrogen and oxygen atoms in total. The highest BCUT2D eigenvalue weighted by Gasteiger charge is 2.14. The smallest absolute Gasteiger partial charge is 0.133 e. The van der Waals surface area contributed by atoms with Crippen LogP contribution in [0, 0.1) is 0 Å². The number of hydrogen-bond donors (Lipinski definition) is 0. The van der Waals surface area contributed by atoms with E-state index in [1.165, 1.54) is 0 Å². The maximum atomic E-state index is 11.2. The second kappa shape index (κ2) is 5.30. The van der Waals surface area contributed by atoms with E-state index in [9.17, 15) is 4.79 Å². The lowest BCUT2D eigenvalue weighted by Gasteiger charge is -2.10. The highest BCUT2D eigenvalue weighted by atomic mass is 35.5. The van der Waals surface area contributed by atoms with Crippen molar-refractivity contribution in [3.8, 4) is 0 Å². The molecule has 1 aromatic heterocycles. The summed E-state index contributed by atoms with van der Waals surface area (Å²) in [6.45, 7) is 0. The molecule has 0 aliphatic rings. The van der Waals surface area contributed by atoms with Gasteiger partial charge in [0.25, 0.3) is 0 Å². The Bertz CT molecular complexity index is 525. The van der Waals surface area contributed by atoms with E-state index in [2.05, 4.69) is 4.98 Å². The van der Waals surface area contributed by atoms with Crippen LogP contribution in [0.15, 0.2) is 42.6 Å². The van der Waals surface area contributed by atoms with Crippen molar-refractivity contribution in [2.24, 2.45) is 0 Å². The summed E-state index contributed by atoms with van der Waals surface area (Å²) in [7, 11) is 0. The van der Waals surface area contributed by atoms with Crippen molar-refractivity contribution in [2.45, 2.75) is 5.92 Å². The van der Waals surface area contributed by atoms with E-state index in [1.807, 2.05) is 12.1 Å². The fraction of sp³-hybridized carbons (Fsp3) is 0.0769. The number of pyridine rings is 1. The van der Waals surface area contributed by atoms with Gasteiger partial charge in [-0.05, 0) is 29.8 Å². The summed E-state index contributed by atoms with van der Waals surface area (Å²) in [6.07, 6.45) is 2.44.